The van der Waals surface area contributed by atoms with E-state index in [2.05, 4.69) is 0 Å². The first kappa shape index (κ1) is 22.6. The maximum atomic E-state index is 10.4. The van der Waals surface area contributed by atoms with E-state index in [1.165, 1.54) is 14.2 Å². The zero-order valence-electron chi connectivity index (χ0n) is 18.0. The Morgan fingerprint density at radius 3 is 2.26 bits per heavy atom. The summed E-state index contributed by atoms with van der Waals surface area (Å²) in [5, 5.41) is 40.7. The van der Waals surface area contributed by atoms with E-state index in [1.807, 2.05) is 0 Å². The predicted octanol–water partition coefficient (Wildman–Crippen LogP) is 1.25. The Bertz CT molecular complexity index is 746. The molecule has 3 fully saturated rings. The number of phenolic OH excluding ortho intramolecular Hbond substituents is 1. The van der Waals surface area contributed by atoms with Gasteiger partial charge in [-0.2, -0.15) is 0 Å². The van der Waals surface area contributed by atoms with Crippen LogP contribution in [0.15, 0.2) is 12.1 Å². The van der Waals surface area contributed by atoms with Crippen LogP contribution >= 0.6 is 0 Å². The number of phenols is 1. The topological polar surface area (TPSA) is 127 Å². The van der Waals surface area contributed by atoms with Gasteiger partial charge in [0.25, 0.3) is 0 Å². The van der Waals surface area contributed by atoms with E-state index in [0.29, 0.717) is 17.9 Å². The molecule has 0 amide bonds. The van der Waals surface area contributed by atoms with Crippen molar-refractivity contribution in [2.24, 2.45) is 5.92 Å². The number of aliphatic hydroxyl groups is 3. The molecule has 0 spiro atoms. The highest BCUT2D eigenvalue weighted by Gasteiger charge is 2.48. The van der Waals surface area contributed by atoms with Crippen LogP contribution in [0.1, 0.15) is 44.3 Å². The van der Waals surface area contributed by atoms with Gasteiger partial charge in [-0.05, 0) is 37.5 Å². The molecule has 0 bridgehead atoms. The second-order valence-electron chi connectivity index (χ2n) is 8.62. The molecule has 4 rings (SSSR count). The molecule has 0 aromatic heterocycles. The lowest BCUT2D eigenvalue weighted by Crippen LogP contribution is -2.58. The summed E-state index contributed by atoms with van der Waals surface area (Å²) < 4.78 is 28.8. The Balaban J connectivity index is 1.57. The van der Waals surface area contributed by atoms with Crippen molar-refractivity contribution in [3.63, 3.8) is 0 Å². The minimum absolute atomic E-state index is 0.0109. The monoisotopic (exact) mass is 440 g/mol. The number of hydrogen-bond donors (Lipinski definition) is 4. The largest absolute Gasteiger partial charge is 0.502 e. The molecule has 9 heteroatoms. The van der Waals surface area contributed by atoms with E-state index < -0.39 is 30.7 Å². The third-order valence-electron chi connectivity index (χ3n) is 6.76. The maximum Gasteiger partial charge on any atom is 0.200 e. The number of aromatic hydroxyl groups is 1. The second kappa shape index (κ2) is 9.09. The summed E-state index contributed by atoms with van der Waals surface area (Å²) in [7, 11) is 2.95. The summed E-state index contributed by atoms with van der Waals surface area (Å²) in [6.07, 6.45) is -2.83. The van der Waals surface area contributed by atoms with Crippen molar-refractivity contribution < 1.29 is 44.1 Å². The molecule has 1 aliphatic carbocycles. The Morgan fingerprint density at radius 1 is 0.935 bits per heavy atom. The van der Waals surface area contributed by atoms with Gasteiger partial charge >= 0.3 is 0 Å². The third kappa shape index (κ3) is 4.22. The zero-order chi connectivity index (χ0) is 22.3. The van der Waals surface area contributed by atoms with Crippen molar-refractivity contribution in [3.05, 3.63) is 17.7 Å². The average Bonchev–Trinajstić information content (AvgIpc) is 3.25. The molecule has 1 aromatic rings. The highest BCUT2D eigenvalue weighted by atomic mass is 16.7. The van der Waals surface area contributed by atoms with Crippen LogP contribution in [0.5, 0.6) is 17.2 Å². The van der Waals surface area contributed by atoms with Crippen LogP contribution in [0, 0.1) is 5.92 Å². The third-order valence-corrected chi connectivity index (χ3v) is 6.76. The van der Waals surface area contributed by atoms with Crippen LogP contribution in [0.3, 0.4) is 0 Å². The fourth-order valence-electron chi connectivity index (χ4n) is 4.97. The van der Waals surface area contributed by atoms with E-state index in [0.717, 1.165) is 24.8 Å². The van der Waals surface area contributed by atoms with Crippen LogP contribution in [0.25, 0.3) is 0 Å². The molecule has 2 saturated heterocycles. The van der Waals surface area contributed by atoms with E-state index in [4.69, 9.17) is 23.7 Å². The van der Waals surface area contributed by atoms with Gasteiger partial charge in [-0.15, -0.1) is 0 Å². The fourth-order valence-corrected chi connectivity index (χ4v) is 4.97. The molecule has 2 aliphatic heterocycles. The van der Waals surface area contributed by atoms with Gasteiger partial charge in [-0.25, -0.2) is 0 Å². The minimum Gasteiger partial charge on any atom is -0.502 e. The molecule has 2 heterocycles. The highest BCUT2D eigenvalue weighted by molar-refractivity contribution is 5.53. The Kier molecular flexibility index (Phi) is 6.62. The van der Waals surface area contributed by atoms with Crippen molar-refractivity contribution in [1.29, 1.82) is 0 Å². The van der Waals surface area contributed by atoms with Crippen LogP contribution in [0.4, 0.5) is 0 Å². The zero-order valence-corrected chi connectivity index (χ0v) is 18.0. The van der Waals surface area contributed by atoms with Crippen molar-refractivity contribution >= 4 is 0 Å². The fraction of sp³-hybridized carbons (Fsp3) is 0.727. The highest BCUT2D eigenvalue weighted by Crippen LogP contribution is 2.47. The summed E-state index contributed by atoms with van der Waals surface area (Å²) >= 11 is 0. The van der Waals surface area contributed by atoms with Crippen LogP contribution < -0.4 is 9.47 Å². The Hall–Kier alpha value is -1.62. The lowest BCUT2D eigenvalue weighted by atomic mass is 9.87. The first-order valence-corrected chi connectivity index (χ1v) is 10.8. The normalized spacial score (nSPS) is 40.4. The number of aliphatic hydroxyl groups excluding tert-OH is 3. The Morgan fingerprint density at radius 2 is 1.61 bits per heavy atom. The quantitative estimate of drug-likeness (QED) is 0.535. The Labute approximate surface area is 181 Å². The molecule has 1 aromatic carbocycles. The molecule has 0 radical (unpaired) electrons. The SMILES string of the molecule is COc1cc([C@H]2C[C@@H](O[C@@H]3O[C@@H](C)[C@H](O)[C@@H](O)[C@H]3O)[C@@H]3CCC[C@H]3O2)cc(OC)c1O. The van der Waals surface area contributed by atoms with Crippen LogP contribution in [-0.2, 0) is 14.2 Å². The van der Waals surface area contributed by atoms with Crippen molar-refractivity contribution in [1.82, 2.24) is 0 Å². The summed E-state index contributed by atoms with van der Waals surface area (Å²) in [5.41, 5.74) is 0.791. The molecule has 9 nitrogen and oxygen atoms in total. The average molecular weight is 440 g/mol. The first-order chi connectivity index (χ1) is 14.8. The van der Waals surface area contributed by atoms with Gasteiger partial charge in [0.2, 0.25) is 5.75 Å². The molecule has 174 valence electrons. The van der Waals surface area contributed by atoms with E-state index in [9.17, 15) is 20.4 Å². The lowest BCUT2D eigenvalue weighted by molar-refractivity contribution is -0.317. The summed E-state index contributed by atoms with van der Waals surface area (Å²) in [5.74, 6) is 0.658. The van der Waals surface area contributed by atoms with Gasteiger partial charge in [0.15, 0.2) is 17.8 Å². The van der Waals surface area contributed by atoms with Crippen LogP contribution in [-0.4, -0.2) is 77.6 Å². The summed E-state index contributed by atoms with van der Waals surface area (Å²) in [6, 6.07) is 3.45. The van der Waals surface area contributed by atoms with Gasteiger partial charge in [-0.3, -0.25) is 0 Å². The smallest absolute Gasteiger partial charge is 0.200 e. The van der Waals surface area contributed by atoms with Gasteiger partial charge in [-0.1, -0.05) is 6.42 Å². The number of hydrogen-bond acceptors (Lipinski definition) is 9. The molecule has 31 heavy (non-hydrogen) atoms. The maximum absolute atomic E-state index is 10.4. The standard InChI is InChI=1S/C22H32O9/c1-10-18(23)20(25)21(26)22(29-10)31-15-9-14(30-13-6-4-5-12(13)15)11-7-16(27-2)19(24)17(8-11)28-3/h7-8,10,12-15,18,20-26H,4-6,9H2,1-3H3/t10-,12+,13+,14+,15+,18-,20+,21+,22-/m0/s1. The van der Waals surface area contributed by atoms with E-state index >= 15 is 0 Å². The van der Waals surface area contributed by atoms with Crippen molar-refractivity contribution in [3.8, 4) is 17.2 Å². The molecular formula is C22H32O9. The molecule has 1 saturated carbocycles. The minimum atomic E-state index is -1.35. The second-order valence-corrected chi connectivity index (χ2v) is 8.62. The lowest BCUT2D eigenvalue weighted by Gasteiger charge is -2.44. The number of methoxy groups -OCH3 is 2. The molecule has 9 atom stereocenters. The predicted molar refractivity (Wildman–Crippen MR) is 108 cm³/mol. The van der Waals surface area contributed by atoms with Gasteiger partial charge in [0.05, 0.1) is 38.6 Å². The first-order valence-electron chi connectivity index (χ1n) is 10.8. The van der Waals surface area contributed by atoms with Crippen molar-refractivity contribution in [2.75, 3.05) is 14.2 Å². The summed E-state index contributed by atoms with van der Waals surface area (Å²) in [6.45, 7) is 1.64. The van der Waals surface area contributed by atoms with Gasteiger partial charge in [0, 0.05) is 12.3 Å². The van der Waals surface area contributed by atoms with Gasteiger partial charge in [0.1, 0.15) is 18.3 Å². The number of benzene rings is 1. The van der Waals surface area contributed by atoms with Crippen LogP contribution in [0.2, 0.25) is 0 Å². The summed E-state index contributed by atoms with van der Waals surface area (Å²) in [4.78, 5) is 0. The van der Waals surface area contributed by atoms with Crippen molar-refractivity contribution in [2.45, 2.75) is 81.6 Å². The molecule has 4 N–H and O–H groups in total. The van der Waals surface area contributed by atoms with Gasteiger partial charge < -0.3 is 44.1 Å². The molecular weight excluding hydrogens is 408 g/mol. The molecule has 3 aliphatic rings. The number of fused-ring (bicyclic) bond motifs is 1. The number of ether oxygens (including phenoxy) is 5. The van der Waals surface area contributed by atoms with E-state index in [1.54, 1.807) is 19.1 Å². The number of rotatable bonds is 5. The molecule has 0 unspecified atom stereocenters. The van der Waals surface area contributed by atoms with E-state index in [-0.39, 0.29) is 30.0 Å².